The van der Waals surface area contributed by atoms with Crippen LogP contribution in [0.2, 0.25) is 0 Å². The minimum atomic E-state index is -1.02. The van der Waals surface area contributed by atoms with E-state index in [0.29, 0.717) is 6.42 Å². The molecule has 0 aliphatic carbocycles. The first-order valence-electron chi connectivity index (χ1n) is 5.18. The predicted molar refractivity (Wildman–Crippen MR) is 66.7 cm³/mol. The van der Waals surface area contributed by atoms with Crippen molar-refractivity contribution < 1.29 is 14.7 Å². The Balaban J connectivity index is 4.89. The molecule has 5 heteroatoms. The van der Waals surface area contributed by atoms with Gasteiger partial charge >= 0.3 is 5.97 Å². The molecular weight excluding hydrogens is 226 g/mol. The molecule has 1 amide bonds. The molecule has 0 rings (SSSR count). The van der Waals surface area contributed by atoms with E-state index in [9.17, 15) is 9.59 Å². The van der Waals surface area contributed by atoms with Crippen LogP contribution in [-0.4, -0.2) is 27.8 Å². The van der Waals surface area contributed by atoms with Gasteiger partial charge in [-0.2, -0.15) is 12.6 Å². The summed E-state index contributed by atoms with van der Waals surface area (Å²) < 4.78 is -0.282. The maximum Gasteiger partial charge on any atom is 0.326 e. The van der Waals surface area contributed by atoms with Gasteiger partial charge in [-0.1, -0.05) is 27.7 Å². The van der Waals surface area contributed by atoms with Gasteiger partial charge in [0.1, 0.15) is 6.04 Å². The molecule has 0 heterocycles. The Labute approximate surface area is 102 Å². The van der Waals surface area contributed by atoms with E-state index in [2.05, 4.69) is 17.9 Å². The number of hydrogen-bond donors (Lipinski definition) is 3. The molecule has 0 aliphatic heterocycles. The molecular formula is C11H21NO3S. The van der Waals surface area contributed by atoms with Crippen LogP contribution in [0.25, 0.3) is 0 Å². The molecule has 0 aliphatic rings. The zero-order chi connectivity index (χ0) is 13.1. The zero-order valence-corrected chi connectivity index (χ0v) is 11.4. The van der Waals surface area contributed by atoms with Crippen molar-refractivity contribution in [3.63, 3.8) is 0 Å². The van der Waals surface area contributed by atoms with Gasteiger partial charge in [0, 0.05) is 11.7 Å². The van der Waals surface area contributed by atoms with Crippen LogP contribution in [0.1, 0.15) is 41.0 Å². The summed E-state index contributed by atoms with van der Waals surface area (Å²) in [6, 6.07) is -0.892. The van der Waals surface area contributed by atoms with Crippen LogP contribution in [-0.2, 0) is 9.59 Å². The lowest BCUT2D eigenvalue weighted by Crippen LogP contribution is -2.51. The molecule has 0 aromatic heterocycles. The standard InChI is InChI=1S/C11H21NO3S/c1-7(13)12-8(9(14)15)10(2,3)6-11(4,5)16/h8,16H,6H2,1-5H3,(H,12,13)(H,14,15). The summed E-state index contributed by atoms with van der Waals surface area (Å²) in [6.07, 6.45) is 0.584. The fourth-order valence-electron chi connectivity index (χ4n) is 2.01. The summed E-state index contributed by atoms with van der Waals surface area (Å²) in [5.74, 6) is -1.35. The van der Waals surface area contributed by atoms with Gasteiger partial charge in [0.15, 0.2) is 0 Å². The highest BCUT2D eigenvalue weighted by Crippen LogP contribution is 2.34. The molecule has 0 fully saturated rings. The number of nitrogens with one attached hydrogen (secondary N) is 1. The van der Waals surface area contributed by atoms with Gasteiger partial charge in [-0.3, -0.25) is 4.79 Å². The van der Waals surface area contributed by atoms with Crippen molar-refractivity contribution >= 4 is 24.5 Å². The third-order valence-electron chi connectivity index (χ3n) is 2.26. The maximum atomic E-state index is 11.1. The molecule has 16 heavy (non-hydrogen) atoms. The summed E-state index contributed by atoms with van der Waals surface area (Å²) in [4.78, 5) is 22.1. The third-order valence-corrected chi connectivity index (χ3v) is 2.42. The van der Waals surface area contributed by atoms with Gasteiger partial charge in [0.2, 0.25) is 5.91 Å². The lowest BCUT2D eigenvalue weighted by atomic mass is 9.77. The maximum absolute atomic E-state index is 11.1. The number of amides is 1. The van der Waals surface area contributed by atoms with E-state index < -0.39 is 17.4 Å². The van der Waals surface area contributed by atoms with Gasteiger partial charge < -0.3 is 10.4 Å². The van der Waals surface area contributed by atoms with Crippen LogP contribution in [0.4, 0.5) is 0 Å². The normalized spacial score (nSPS) is 14.4. The highest BCUT2D eigenvalue weighted by Gasteiger charge is 2.38. The van der Waals surface area contributed by atoms with Gasteiger partial charge in [-0.05, 0) is 11.8 Å². The van der Waals surface area contributed by atoms with Crippen molar-refractivity contribution in [1.82, 2.24) is 5.32 Å². The van der Waals surface area contributed by atoms with Gasteiger partial charge in [-0.25, -0.2) is 4.79 Å². The van der Waals surface area contributed by atoms with Crippen LogP contribution >= 0.6 is 12.6 Å². The number of hydrogen-bond acceptors (Lipinski definition) is 3. The molecule has 0 aromatic rings. The molecule has 0 saturated heterocycles. The SMILES string of the molecule is CC(=O)NC(C(=O)O)C(C)(C)CC(C)(C)S. The number of carbonyl (C=O) groups excluding carboxylic acids is 1. The number of carbonyl (C=O) groups is 2. The van der Waals surface area contributed by atoms with Crippen molar-refractivity contribution in [2.75, 3.05) is 0 Å². The van der Waals surface area contributed by atoms with Crippen molar-refractivity contribution in [2.24, 2.45) is 5.41 Å². The second-order valence-corrected chi connectivity index (χ2v) is 6.66. The Kier molecular flexibility index (Phi) is 4.85. The van der Waals surface area contributed by atoms with Gasteiger partial charge in [-0.15, -0.1) is 0 Å². The second-order valence-electron chi connectivity index (χ2n) is 5.45. The highest BCUT2D eigenvalue weighted by molar-refractivity contribution is 7.81. The Hall–Kier alpha value is -0.710. The monoisotopic (exact) mass is 247 g/mol. The summed E-state index contributed by atoms with van der Waals surface area (Å²) in [5.41, 5.74) is -0.553. The number of aliphatic carboxylic acids is 1. The first-order valence-corrected chi connectivity index (χ1v) is 5.63. The van der Waals surface area contributed by atoms with E-state index in [1.54, 1.807) is 0 Å². The van der Waals surface area contributed by atoms with E-state index in [-0.39, 0.29) is 10.7 Å². The first-order chi connectivity index (χ1) is 6.96. The van der Waals surface area contributed by atoms with Crippen LogP contribution in [0.15, 0.2) is 0 Å². The van der Waals surface area contributed by atoms with Crippen LogP contribution < -0.4 is 5.32 Å². The third kappa shape index (κ3) is 5.39. The number of carboxylic acid groups (broad SMARTS) is 1. The minimum Gasteiger partial charge on any atom is -0.480 e. The smallest absolute Gasteiger partial charge is 0.326 e. The first kappa shape index (κ1) is 15.3. The van der Waals surface area contributed by atoms with Crippen molar-refractivity contribution in [3.05, 3.63) is 0 Å². The van der Waals surface area contributed by atoms with E-state index >= 15 is 0 Å². The molecule has 1 unspecified atom stereocenters. The molecule has 4 nitrogen and oxygen atoms in total. The van der Waals surface area contributed by atoms with Crippen molar-refractivity contribution in [1.29, 1.82) is 0 Å². The van der Waals surface area contributed by atoms with E-state index in [1.807, 2.05) is 27.7 Å². The molecule has 1 atom stereocenters. The van der Waals surface area contributed by atoms with E-state index in [4.69, 9.17) is 5.11 Å². The lowest BCUT2D eigenvalue weighted by molar-refractivity contribution is -0.145. The molecule has 0 aromatic carbocycles. The Bertz CT molecular complexity index is 281. The topological polar surface area (TPSA) is 66.4 Å². The van der Waals surface area contributed by atoms with Crippen LogP contribution in [0.3, 0.4) is 0 Å². The largest absolute Gasteiger partial charge is 0.480 e. The fourth-order valence-corrected chi connectivity index (χ4v) is 2.42. The molecule has 94 valence electrons. The lowest BCUT2D eigenvalue weighted by Gasteiger charge is -2.36. The van der Waals surface area contributed by atoms with Gasteiger partial charge in [0.25, 0.3) is 0 Å². The van der Waals surface area contributed by atoms with E-state index in [1.165, 1.54) is 6.92 Å². The Morgan fingerprint density at radius 3 is 2.00 bits per heavy atom. The highest BCUT2D eigenvalue weighted by atomic mass is 32.1. The minimum absolute atomic E-state index is 0.282. The predicted octanol–water partition coefficient (Wildman–Crippen LogP) is 1.70. The summed E-state index contributed by atoms with van der Waals surface area (Å²) >= 11 is 4.40. The second kappa shape index (κ2) is 5.08. The van der Waals surface area contributed by atoms with E-state index in [0.717, 1.165) is 0 Å². The number of thiol groups is 1. The van der Waals surface area contributed by atoms with Crippen molar-refractivity contribution in [3.8, 4) is 0 Å². The number of rotatable bonds is 5. The van der Waals surface area contributed by atoms with Gasteiger partial charge in [0.05, 0.1) is 0 Å². The number of carboxylic acids is 1. The Morgan fingerprint density at radius 1 is 1.31 bits per heavy atom. The summed E-state index contributed by atoms with van der Waals surface area (Å²) in [7, 11) is 0. The molecule has 0 radical (unpaired) electrons. The van der Waals surface area contributed by atoms with Crippen LogP contribution in [0.5, 0.6) is 0 Å². The Morgan fingerprint density at radius 2 is 1.75 bits per heavy atom. The molecule has 0 bridgehead atoms. The fraction of sp³-hybridized carbons (Fsp3) is 0.818. The molecule has 2 N–H and O–H groups in total. The van der Waals surface area contributed by atoms with Crippen molar-refractivity contribution in [2.45, 2.75) is 51.8 Å². The summed E-state index contributed by atoms with van der Waals surface area (Å²) in [5, 5.41) is 11.6. The quantitative estimate of drug-likeness (QED) is 0.648. The average molecular weight is 247 g/mol. The molecule has 0 spiro atoms. The summed E-state index contributed by atoms with van der Waals surface area (Å²) in [6.45, 7) is 8.80. The average Bonchev–Trinajstić information content (AvgIpc) is 1.93. The molecule has 0 saturated carbocycles. The van der Waals surface area contributed by atoms with Crippen LogP contribution in [0, 0.1) is 5.41 Å². The zero-order valence-electron chi connectivity index (χ0n) is 10.5.